The van der Waals surface area contributed by atoms with Gasteiger partial charge >= 0.3 is 5.97 Å². The zero-order chi connectivity index (χ0) is 24.3. The lowest BCUT2D eigenvalue weighted by Crippen LogP contribution is -2.38. The summed E-state index contributed by atoms with van der Waals surface area (Å²) in [5.74, 6) is -0.167. The van der Waals surface area contributed by atoms with Crippen LogP contribution < -0.4 is 0 Å². The van der Waals surface area contributed by atoms with E-state index in [-0.39, 0.29) is 10.8 Å². The quantitative estimate of drug-likeness (QED) is 0.598. The molecule has 0 bridgehead atoms. The number of hydrogen-bond acceptors (Lipinski definition) is 5. The van der Waals surface area contributed by atoms with Gasteiger partial charge in [0, 0.05) is 32.2 Å². The molecule has 0 aromatic heterocycles. The molecule has 0 N–H and O–H groups in total. The van der Waals surface area contributed by atoms with Crippen LogP contribution in [-0.2, 0) is 21.3 Å². The summed E-state index contributed by atoms with van der Waals surface area (Å²) in [5.41, 5.74) is 3.06. The number of ether oxygens (including phenoxy) is 1. The van der Waals surface area contributed by atoms with Crippen molar-refractivity contribution in [2.75, 3.05) is 27.2 Å². The van der Waals surface area contributed by atoms with Crippen LogP contribution in [0.2, 0.25) is 0 Å². The number of hydrogen-bond donors (Lipinski definition) is 0. The number of methoxy groups -OCH3 is 1. The van der Waals surface area contributed by atoms with Gasteiger partial charge in [0.2, 0.25) is 10.0 Å². The maximum Gasteiger partial charge on any atom is 0.337 e. The molecule has 1 aliphatic heterocycles. The lowest BCUT2D eigenvalue weighted by Gasteiger charge is -2.30. The molecule has 0 atom stereocenters. The number of carbonyl (C=O) groups excluding carboxylic acids is 2. The van der Waals surface area contributed by atoms with Gasteiger partial charge in [0.05, 0.1) is 17.6 Å². The highest BCUT2D eigenvalue weighted by molar-refractivity contribution is 7.89. The van der Waals surface area contributed by atoms with Gasteiger partial charge in [0.25, 0.3) is 5.91 Å². The fraction of sp³-hybridized carbons (Fsp3) is 0.440. The molecule has 2 aromatic carbocycles. The first-order chi connectivity index (χ1) is 15.5. The van der Waals surface area contributed by atoms with Gasteiger partial charge < -0.3 is 9.64 Å². The van der Waals surface area contributed by atoms with E-state index >= 15 is 0 Å². The number of benzene rings is 2. The average molecular weight is 473 g/mol. The molecule has 33 heavy (non-hydrogen) atoms. The third kappa shape index (κ3) is 5.45. The van der Waals surface area contributed by atoms with Crippen molar-refractivity contribution in [2.45, 2.75) is 45.1 Å². The number of nitrogens with zero attached hydrogens (tertiary/aromatic N) is 2. The molecule has 1 aliphatic rings. The Morgan fingerprint density at radius 3 is 2.24 bits per heavy atom. The van der Waals surface area contributed by atoms with Crippen LogP contribution in [0.4, 0.5) is 0 Å². The Morgan fingerprint density at radius 2 is 1.67 bits per heavy atom. The van der Waals surface area contributed by atoms with Crippen LogP contribution >= 0.6 is 0 Å². The van der Waals surface area contributed by atoms with Gasteiger partial charge in [-0.05, 0) is 73.6 Å². The first-order valence-corrected chi connectivity index (χ1v) is 12.5. The van der Waals surface area contributed by atoms with E-state index in [4.69, 9.17) is 4.74 Å². The minimum absolute atomic E-state index is 0.205. The molecule has 1 heterocycles. The van der Waals surface area contributed by atoms with Crippen molar-refractivity contribution < 1.29 is 22.7 Å². The second kappa shape index (κ2) is 10.1. The highest BCUT2D eigenvalue weighted by atomic mass is 32.2. The fourth-order valence-electron chi connectivity index (χ4n) is 4.01. The van der Waals surface area contributed by atoms with Crippen LogP contribution in [-0.4, -0.2) is 56.7 Å². The van der Waals surface area contributed by atoms with Crippen molar-refractivity contribution in [1.82, 2.24) is 9.21 Å². The maximum atomic E-state index is 13.4. The molecule has 1 fully saturated rings. The molecule has 0 radical (unpaired) electrons. The molecular formula is C25H32N2O5S. The first-order valence-electron chi connectivity index (χ1n) is 11.1. The molecule has 0 unspecified atom stereocenters. The molecule has 178 valence electrons. The van der Waals surface area contributed by atoms with Crippen molar-refractivity contribution in [3.63, 3.8) is 0 Å². The van der Waals surface area contributed by atoms with E-state index in [1.165, 1.54) is 22.4 Å². The molecule has 2 aromatic rings. The van der Waals surface area contributed by atoms with Gasteiger partial charge in [0.1, 0.15) is 0 Å². The molecule has 7 nitrogen and oxygen atoms in total. The molecule has 0 spiro atoms. The fourth-order valence-corrected chi connectivity index (χ4v) is 5.81. The second-order valence-corrected chi connectivity index (χ2v) is 10.8. The summed E-state index contributed by atoms with van der Waals surface area (Å²) in [7, 11) is -0.677. The highest BCUT2D eigenvalue weighted by Gasteiger charge is 2.30. The minimum Gasteiger partial charge on any atom is -0.465 e. The maximum absolute atomic E-state index is 13.4. The van der Waals surface area contributed by atoms with Gasteiger partial charge in [-0.15, -0.1) is 0 Å². The summed E-state index contributed by atoms with van der Waals surface area (Å²) in [4.78, 5) is 26.5. The van der Waals surface area contributed by atoms with Crippen molar-refractivity contribution in [3.05, 3.63) is 64.2 Å². The average Bonchev–Trinajstić information content (AvgIpc) is 2.80. The van der Waals surface area contributed by atoms with Gasteiger partial charge in [-0.2, -0.15) is 4.31 Å². The standard InChI is InChI=1S/C25H32N2O5S/c1-17-10-12-27(13-11-17)33(30,31)23-15-22(14-18(2)19(23)3)24(28)26(4)16-20-6-8-21(9-7-20)25(29)32-5/h6-9,14-15,17H,10-13,16H2,1-5H3. The van der Waals surface area contributed by atoms with Gasteiger partial charge in [-0.1, -0.05) is 19.1 Å². The highest BCUT2D eigenvalue weighted by Crippen LogP contribution is 2.28. The predicted molar refractivity (Wildman–Crippen MR) is 127 cm³/mol. The first kappa shape index (κ1) is 24.9. The normalized spacial score (nSPS) is 15.3. The number of rotatable bonds is 6. The van der Waals surface area contributed by atoms with Crippen LogP contribution in [0.15, 0.2) is 41.3 Å². The Morgan fingerprint density at radius 1 is 1.06 bits per heavy atom. The zero-order valence-electron chi connectivity index (χ0n) is 19.9. The van der Waals surface area contributed by atoms with E-state index in [2.05, 4.69) is 6.92 Å². The third-order valence-corrected chi connectivity index (χ3v) is 8.39. The molecular weight excluding hydrogens is 440 g/mol. The summed E-state index contributed by atoms with van der Waals surface area (Å²) >= 11 is 0. The van der Waals surface area contributed by atoms with Gasteiger partial charge in [-0.3, -0.25) is 4.79 Å². The van der Waals surface area contributed by atoms with Crippen LogP contribution in [0.1, 0.15) is 57.2 Å². The van der Waals surface area contributed by atoms with Crippen LogP contribution in [0, 0.1) is 19.8 Å². The Balaban J connectivity index is 1.83. The van der Waals surface area contributed by atoms with Crippen LogP contribution in [0.5, 0.6) is 0 Å². The topological polar surface area (TPSA) is 84.0 Å². The SMILES string of the molecule is COC(=O)c1ccc(CN(C)C(=O)c2cc(C)c(C)c(S(=O)(=O)N3CCC(C)CC3)c2)cc1. The van der Waals surface area contributed by atoms with Crippen molar-refractivity contribution in [2.24, 2.45) is 5.92 Å². The van der Waals surface area contributed by atoms with Gasteiger partial charge in [0.15, 0.2) is 0 Å². The number of esters is 1. The van der Waals surface area contributed by atoms with Crippen LogP contribution in [0.25, 0.3) is 0 Å². The molecule has 0 aliphatic carbocycles. The molecule has 8 heteroatoms. The van der Waals surface area contributed by atoms with Crippen molar-refractivity contribution in [3.8, 4) is 0 Å². The van der Waals surface area contributed by atoms with E-state index in [9.17, 15) is 18.0 Å². The zero-order valence-corrected chi connectivity index (χ0v) is 20.7. The third-order valence-electron chi connectivity index (χ3n) is 6.37. The van der Waals surface area contributed by atoms with E-state index in [1.54, 1.807) is 44.3 Å². The van der Waals surface area contributed by atoms with Crippen molar-refractivity contribution >= 4 is 21.9 Å². The largest absolute Gasteiger partial charge is 0.465 e. The van der Waals surface area contributed by atoms with E-state index in [0.29, 0.717) is 42.2 Å². The molecule has 1 amide bonds. The molecule has 1 saturated heterocycles. The van der Waals surface area contributed by atoms with Crippen LogP contribution in [0.3, 0.4) is 0 Å². The smallest absolute Gasteiger partial charge is 0.337 e. The Bertz CT molecular complexity index is 1130. The monoisotopic (exact) mass is 472 g/mol. The number of piperidine rings is 1. The Kier molecular flexibility index (Phi) is 7.59. The summed E-state index contributed by atoms with van der Waals surface area (Å²) in [6.45, 7) is 7.07. The summed E-state index contributed by atoms with van der Waals surface area (Å²) in [6.07, 6.45) is 1.68. The molecule has 3 rings (SSSR count). The second-order valence-electron chi connectivity index (χ2n) is 8.85. The van der Waals surface area contributed by atoms with E-state index in [0.717, 1.165) is 24.0 Å². The van der Waals surface area contributed by atoms with Gasteiger partial charge in [-0.25, -0.2) is 13.2 Å². The predicted octanol–water partition coefficient (Wildman–Crippen LogP) is 3.78. The van der Waals surface area contributed by atoms with E-state index < -0.39 is 16.0 Å². The minimum atomic E-state index is -3.68. The Hall–Kier alpha value is -2.71. The summed E-state index contributed by atoms with van der Waals surface area (Å²) < 4.78 is 33.0. The Labute approximate surface area is 196 Å². The summed E-state index contributed by atoms with van der Waals surface area (Å²) in [6, 6.07) is 10.1. The number of aryl methyl sites for hydroxylation is 1. The number of carbonyl (C=O) groups is 2. The molecule has 0 saturated carbocycles. The lowest BCUT2D eigenvalue weighted by atomic mass is 10.0. The van der Waals surface area contributed by atoms with E-state index in [1.807, 2.05) is 6.92 Å². The lowest BCUT2D eigenvalue weighted by molar-refractivity contribution is 0.0600. The summed E-state index contributed by atoms with van der Waals surface area (Å²) in [5, 5.41) is 0. The number of amides is 1. The number of sulfonamides is 1. The van der Waals surface area contributed by atoms with Crippen molar-refractivity contribution in [1.29, 1.82) is 0 Å².